The highest BCUT2D eigenvalue weighted by atomic mass is 16.5. The highest BCUT2D eigenvalue weighted by molar-refractivity contribution is 5.01. The minimum Gasteiger partial charge on any atom is -0.385 e. The summed E-state index contributed by atoms with van der Waals surface area (Å²) in [6.07, 6.45) is 5.47. The molecule has 0 aromatic carbocycles. The van der Waals surface area contributed by atoms with Gasteiger partial charge in [-0.2, -0.15) is 0 Å². The fourth-order valence-corrected chi connectivity index (χ4v) is 3.03. The Labute approximate surface area is 112 Å². The molecule has 0 spiro atoms. The predicted octanol–water partition coefficient (Wildman–Crippen LogP) is 2.60. The van der Waals surface area contributed by atoms with Crippen LogP contribution >= 0.6 is 0 Å². The van der Waals surface area contributed by atoms with Gasteiger partial charge in [0.1, 0.15) is 0 Å². The SMILES string of the molecule is COCCC1(CNC(C)(C)C)CCOC1C1CC1. The van der Waals surface area contributed by atoms with Gasteiger partial charge < -0.3 is 14.8 Å². The molecular formula is C15H29NO2. The van der Waals surface area contributed by atoms with Crippen molar-refractivity contribution in [3.05, 3.63) is 0 Å². The number of methoxy groups -OCH3 is 1. The number of nitrogens with one attached hydrogen (secondary N) is 1. The second-order valence-corrected chi connectivity index (χ2v) is 7.09. The summed E-state index contributed by atoms with van der Waals surface area (Å²) in [5, 5.41) is 3.69. The molecule has 0 radical (unpaired) electrons. The van der Waals surface area contributed by atoms with E-state index in [9.17, 15) is 0 Å². The topological polar surface area (TPSA) is 30.5 Å². The Kier molecular flexibility index (Phi) is 4.35. The van der Waals surface area contributed by atoms with Crippen molar-refractivity contribution < 1.29 is 9.47 Å². The van der Waals surface area contributed by atoms with Gasteiger partial charge in [-0.15, -0.1) is 0 Å². The fourth-order valence-electron chi connectivity index (χ4n) is 3.03. The average molecular weight is 255 g/mol. The largest absolute Gasteiger partial charge is 0.385 e. The summed E-state index contributed by atoms with van der Waals surface area (Å²) in [6, 6.07) is 0. The minimum atomic E-state index is 0.177. The van der Waals surface area contributed by atoms with Crippen LogP contribution in [0.3, 0.4) is 0 Å². The molecule has 1 aliphatic heterocycles. The van der Waals surface area contributed by atoms with Gasteiger partial charge in [-0.1, -0.05) is 0 Å². The first-order valence-corrected chi connectivity index (χ1v) is 7.32. The maximum atomic E-state index is 6.06. The highest BCUT2D eigenvalue weighted by Crippen LogP contribution is 2.49. The van der Waals surface area contributed by atoms with Gasteiger partial charge in [0.25, 0.3) is 0 Å². The Morgan fingerprint density at radius 3 is 2.61 bits per heavy atom. The van der Waals surface area contributed by atoms with Gasteiger partial charge in [-0.3, -0.25) is 0 Å². The third kappa shape index (κ3) is 3.46. The van der Waals surface area contributed by atoms with E-state index in [1.165, 1.54) is 19.3 Å². The van der Waals surface area contributed by atoms with Crippen molar-refractivity contribution in [1.29, 1.82) is 0 Å². The molecule has 3 nitrogen and oxygen atoms in total. The lowest BCUT2D eigenvalue weighted by Gasteiger charge is -2.37. The smallest absolute Gasteiger partial charge is 0.0673 e. The second kappa shape index (κ2) is 5.48. The van der Waals surface area contributed by atoms with Gasteiger partial charge in [0.2, 0.25) is 0 Å². The zero-order chi connectivity index (χ0) is 13.2. The lowest BCUT2D eigenvalue weighted by atomic mass is 9.75. The summed E-state index contributed by atoms with van der Waals surface area (Å²) >= 11 is 0. The molecule has 1 aliphatic carbocycles. The molecule has 2 unspecified atom stereocenters. The molecule has 1 saturated heterocycles. The Morgan fingerprint density at radius 1 is 1.33 bits per heavy atom. The van der Waals surface area contributed by atoms with Gasteiger partial charge >= 0.3 is 0 Å². The molecule has 0 bridgehead atoms. The molecule has 1 heterocycles. The monoisotopic (exact) mass is 255 g/mol. The quantitative estimate of drug-likeness (QED) is 0.791. The van der Waals surface area contributed by atoms with Crippen LogP contribution < -0.4 is 5.32 Å². The van der Waals surface area contributed by atoms with Crippen LogP contribution in [-0.4, -0.2) is 38.5 Å². The normalized spacial score (nSPS) is 33.0. The molecular weight excluding hydrogens is 226 g/mol. The Balaban J connectivity index is 2.01. The minimum absolute atomic E-state index is 0.177. The lowest BCUT2D eigenvalue weighted by Crippen LogP contribution is -2.48. The van der Waals surface area contributed by atoms with E-state index < -0.39 is 0 Å². The van der Waals surface area contributed by atoms with E-state index in [-0.39, 0.29) is 5.54 Å². The summed E-state index contributed by atoms with van der Waals surface area (Å²) in [5.74, 6) is 0.811. The van der Waals surface area contributed by atoms with Crippen molar-refractivity contribution in [2.75, 3.05) is 26.9 Å². The third-order valence-electron chi connectivity index (χ3n) is 4.33. The standard InChI is InChI=1S/C15H29NO2/c1-14(2,3)16-11-15(7-9-17-4)8-10-18-13(15)12-5-6-12/h12-13,16H,5-11H2,1-4H3. The molecule has 1 N–H and O–H groups in total. The molecule has 2 fully saturated rings. The van der Waals surface area contributed by atoms with Crippen LogP contribution in [0.15, 0.2) is 0 Å². The Bertz CT molecular complexity index is 270. The van der Waals surface area contributed by atoms with E-state index in [0.717, 1.165) is 32.1 Å². The van der Waals surface area contributed by atoms with Crippen LogP contribution in [0.1, 0.15) is 46.5 Å². The van der Waals surface area contributed by atoms with E-state index in [4.69, 9.17) is 9.47 Å². The zero-order valence-corrected chi connectivity index (χ0v) is 12.4. The van der Waals surface area contributed by atoms with Crippen molar-refractivity contribution in [2.24, 2.45) is 11.3 Å². The van der Waals surface area contributed by atoms with Crippen LogP contribution in [0.5, 0.6) is 0 Å². The molecule has 0 aromatic rings. The van der Waals surface area contributed by atoms with Gasteiger partial charge in [-0.05, 0) is 52.4 Å². The molecule has 2 rings (SSSR count). The molecule has 3 heteroatoms. The van der Waals surface area contributed by atoms with Gasteiger partial charge in [0.05, 0.1) is 6.10 Å². The lowest BCUT2D eigenvalue weighted by molar-refractivity contribution is 0.0116. The molecule has 18 heavy (non-hydrogen) atoms. The number of hydrogen-bond acceptors (Lipinski definition) is 3. The molecule has 0 amide bonds. The summed E-state index contributed by atoms with van der Waals surface area (Å²) in [5.41, 5.74) is 0.473. The van der Waals surface area contributed by atoms with Crippen molar-refractivity contribution in [3.8, 4) is 0 Å². The van der Waals surface area contributed by atoms with Crippen LogP contribution in [-0.2, 0) is 9.47 Å². The van der Waals surface area contributed by atoms with Crippen LogP contribution in [0, 0.1) is 11.3 Å². The van der Waals surface area contributed by atoms with Crippen LogP contribution in [0.4, 0.5) is 0 Å². The molecule has 106 valence electrons. The van der Waals surface area contributed by atoms with E-state index in [2.05, 4.69) is 26.1 Å². The van der Waals surface area contributed by atoms with Crippen molar-refractivity contribution in [3.63, 3.8) is 0 Å². The molecule has 0 aromatic heterocycles. The van der Waals surface area contributed by atoms with E-state index in [1.54, 1.807) is 7.11 Å². The van der Waals surface area contributed by atoms with Crippen molar-refractivity contribution in [1.82, 2.24) is 5.32 Å². The Hall–Kier alpha value is -0.120. The predicted molar refractivity (Wildman–Crippen MR) is 73.8 cm³/mol. The summed E-state index contributed by atoms with van der Waals surface area (Å²) < 4.78 is 11.4. The first-order chi connectivity index (χ1) is 8.47. The maximum absolute atomic E-state index is 6.06. The molecule has 1 saturated carbocycles. The summed E-state index contributed by atoms with van der Waals surface area (Å²) in [6.45, 7) is 9.53. The molecule has 2 aliphatic rings. The maximum Gasteiger partial charge on any atom is 0.0673 e. The van der Waals surface area contributed by atoms with E-state index in [1.807, 2.05) is 0 Å². The number of rotatable bonds is 6. The first-order valence-electron chi connectivity index (χ1n) is 7.32. The Morgan fingerprint density at radius 2 is 2.06 bits per heavy atom. The fraction of sp³-hybridized carbons (Fsp3) is 1.00. The summed E-state index contributed by atoms with van der Waals surface area (Å²) in [7, 11) is 1.80. The summed E-state index contributed by atoms with van der Waals surface area (Å²) in [4.78, 5) is 0. The van der Waals surface area contributed by atoms with Gasteiger partial charge in [0, 0.05) is 37.8 Å². The van der Waals surface area contributed by atoms with Gasteiger partial charge in [-0.25, -0.2) is 0 Å². The second-order valence-electron chi connectivity index (χ2n) is 7.09. The third-order valence-corrected chi connectivity index (χ3v) is 4.33. The molecule has 2 atom stereocenters. The van der Waals surface area contributed by atoms with Crippen LogP contribution in [0.25, 0.3) is 0 Å². The zero-order valence-electron chi connectivity index (χ0n) is 12.4. The van der Waals surface area contributed by atoms with Crippen LogP contribution in [0.2, 0.25) is 0 Å². The van der Waals surface area contributed by atoms with Crippen molar-refractivity contribution >= 4 is 0 Å². The highest BCUT2D eigenvalue weighted by Gasteiger charge is 2.50. The van der Waals surface area contributed by atoms with E-state index in [0.29, 0.717) is 11.5 Å². The van der Waals surface area contributed by atoms with E-state index >= 15 is 0 Å². The number of ether oxygens (including phenoxy) is 2. The van der Waals surface area contributed by atoms with Gasteiger partial charge in [0.15, 0.2) is 0 Å². The average Bonchev–Trinajstić information content (AvgIpc) is 3.05. The number of hydrogen-bond donors (Lipinski definition) is 1. The van der Waals surface area contributed by atoms with Crippen molar-refractivity contribution in [2.45, 2.75) is 58.1 Å². The first kappa shape index (κ1) is 14.3.